The molecule has 0 saturated heterocycles. The van der Waals surface area contributed by atoms with Crippen LogP contribution in [0.1, 0.15) is 136 Å². The predicted octanol–water partition coefficient (Wildman–Crippen LogP) is 6.41. The first-order valence-electron chi connectivity index (χ1n) is 13.6. The molecule has 33 heavy (non-hydrogen) atoms. The van der Waals surface area contributed by atoms with Gasteiger partial charge in [0.15, 0.2) is 0 Å². The maximum absolute atomic E-state index is 11.0. The van der Waals surface area contributed by atoms with E-state index < -0.39 is 5.97 Å². The number of carboxylic acids is 1. The Bertz CT molecular complexity index is 444. The molecule has 0 fully saturated rings. The van der Waals surface area contributed by atoms with Gasteiger partial charge in [0.05, 0.1) is 6.04 Å². The Morgan fingerprint density at radius 1 is 0.758 bits per heavy atom. The van der Waals surface area contributed by atoms with E-state index in [1.807, 2.05) is 0 Å². The number of carbonyl (C=O) groups excluding carboxylic acids is 2. The minimum Gasteiger partial charge on any atom is -0.481 e. The number of carboxylic acid groups (broad SMARTS) is 1. The van der Waals surface area contributed by atoms with Crippen molar-refractivity contribution in [3.05, 3.63) is 0 Å². The summed E-state index contributed by atoms with van der Waals surface area (Å²) in [6.07, 6.45) is 23.6. The Kier molecular flexibility index (Phi) is 29.2. The van der Waals surface area contributed by atoms with Gasteiger partial charge in [0.2, 0.25) is 6.41 Å². The number of unbranched alkanes of at least 4 members (excludes halogenated alkanes) is 15. The van der Waals surface area contributed by atoms with Gasteiger partial charge in [-0.25, -0.2) is 0 Å². The average Bonchev–Trinajstić information content (AvgIpc) is 2.79. The molecule has 0 rings (SSSR count). The number of carbonyl (C=O) groups is 3. The van der Waals surface area contributed by atoms with Crippen molar-refractivity contribution in [1.29, 1.82) is 0 Å². The van der Waals surface area contributed by atoms with Gasteiger partial charge < -0.3 is 15.7 Å². The molecule has 0 spiro atoms. The molecule has 1 amide bonds. The Labute approximate surface area is 204 Å². The molecule has 0 bridgehead atoms. The van der Waals surface area contributed by atoms with E-state index in [-0.39, 0.29) is 11.8 Å². The van der Waals surface area contributed by atoms with E-state index in [0.717, 1.165) is 32.1 Å². The summed E-state index contributed by atoms with van der Waals surface area (Å²) in [5.41, 5.74) is 0. The highest BCUT2D eigenvalue weighted by atomic mass is 16.4. The molecule has 0 aliphatic heterocycles. The van der Waals surface area contributed by atoms with E-state index in [2.05, 4.69) is 17.6 Å². The Morgan fingerprint density at radius 2 is 1.21 bits per heavy atom. The number of amides is 1. The number of rotatable bonds is 24. The van der Waals surface area contributed by atoms with Gasteiger partial charge in [0.1, 0.15) is 5.78 Å². The zero-order valence-corrected chi connectivity index (χ0v) is 22.0. The molecule has 1 unspecified atom stereocenters. The molecule has 0 aromatic carbocycles. The molecule has 0 saturated carbocycles. The van der Waals surface area contributed by atoms with Gasteiger partial charge in [-0.2, -0.15) is 0 Å². The summed E-state index contributed by atoms with van der Waals surface area (Å²) < 4.78 is 0. The van der Waals surface area contributed by atoms with Crippen LogP contribution < -0.4 is 10.6 Å². The summed E-state index contributed by atoms with van der Waals surface area (Å²) in [6.45, 7) is 4.55. The highest BCUT2D eigenvalue weighted by Gasteiger charge is 2.09. The van der Waals surface area contributed by atoms with Gasteiger partial charge in [-0.15, -0.1) is 0 Å². The topological polar surface area (TPSA) is 95.5 Å². The maximum Gasteiger partial charge on any atom is 0.303 e. The molecule has 0 aliphatic carbocycles. The summed E-state index contributed by atoms with van der Waals surface area (Å²) in [4.78, 5) is 31.2. The van der Waals surface area contributed by atoms with Crippen molar-refractivity contribution < 1.29 is 19.5 Å². The second-order valence-corrected chi connectivity index (χ2v) is 9.11. The van der Waals surface area contributed by atoms with Gasteiger partial charge in [-0.3, -0.25) is 14.4 Å². The Morgan fingerprint density at radius 3 is 1.58 bits per heavy atom. The molecule has 0 heterocycles. The molecule has 1 atom stereocenters. The highest BCUT2D eigenvalue weighted by molar-refractivity contribution is 5.81. The number of aliphatic carboxylic acids is 1. The van der Waals surface area contributed by atoms with E-state index in [1.165, 1.54) is 83.5 Å². The van der Waals surface area contributed by atoms with E-state index in [0.29, 0.717) is 19.4 Å². The second-order valence-electron chi connectivity index (χ2n) is 9.11. The van der Waals surface area contributed by atoms with Crippen molar-refractivity contribution in [2.45, 2.75) is 142 Å². The summed E-state index contributed by atoms with van der Waals surface area (Å²) in [5.74, 6) is -0.481. The fraction of sp³-hybridized carbons (Fsp3) is 0.889. The van der Waals surface area contributed by atoms with Crippen LogP contribution in [0.2, 0.25) is 0 Å². The van der Waals surface area contributed by atoms with Crippen LogP contribution in [0.3, 0.4) is 0 Å². The number of hydrogen-bond donors (Lipinski definition) is 3. The molecule has 0 aliphatic rings. The van der Waals surface area contributed by atoms with E-state index in [4.69, 9.17) is 5.11 Å². The van der Waals surface area contributed by atoms with Crippen LogP contribution in [-0.2, 0) is 14.4 Å². The SMILES string of the molecule is CCCCCCCCCCCCCCCCCC(=O)O.CNC(CCCCNC=O)C(C)=O. The van der Waals surface area contributed by atoms with Crippen molar-refractivity contribution >= 4 is 18.2 Å². The summed E-state index contributed by atoms with van der Waals surface area (Å²) in [7, 11) is 1.79. The largest absolute Gasteiger partial charge is 0.481 e. The van der Waals surface area contributed by atoms with Crippen molar-refractivity contribution in [3.8, 4) is 0 Å². The standard InChI is InChI=1S/C18H36O2.C9H18N2O2/c1-2-3-4-5-6-7-8-9-10-11-12-13-14-15-16-17-18(19)20;1-8(13)9(10-2)5-3-4-6-11-7-12/h2-17H2,1H3,(H,19,20);7,9-10H,3-6H2,1-2H3,(H,11,12). The van der Waals surface area contributed by atoms with Crippen LogP contribution in [0.4, 0.5) is 0 Å². The minimum atomic E-state index is -0.653. The molecule has 0 radical (unpaired) electrons. The van der Waals surface area contributed by atoms with Crippen LogP contribution in [-0.4, -0.2) is 42.9 Å². The molecule has 6 heteroatoms. The molecule has 196 valence electrons. The summed E-state index contributed by atoms with van der Waals surface area (Å²) >= 11 is 0. The quantitative estimate of drug-likeness (QED) is 0.112. The van der Waals surface area contributed by atoms with Crippen LogP contribution in [0.5, 0.6) is 0 Å². The van der Waals surface area contributed by atoms with Crippen molar-refractivity contribution in [1.82, 2.24) is 10.6 Å². The first-order chi connectivity index (χ1) is 16.0. The lowest BCUT2D eigenvalue weighted by Gasteiger charge is -2.11. The number of nitrogens with one attached hydrogen (secondary N) is 2. The molecular formula is C27H54N2O4. The third-order valence-corrected chi connectivity index (χ3v) is 5.98. The first kappa shape index (κ1) is 33.7. The van der Waals surface area contributed by atoms with Crippen LogP contribution in [0, 0.1) is 0 Å². The fourth-order valence-corrected chi connectivity index (χ4v) is 3.83. The third-order valence-electron chi connectivity index (χ3n) is 5.98. The van der Waals surface area contributed by atoms with Crippen LogP contribution in [0.25, 0.3) is 0 Å². The third kappa shape index (κ3) is 30.6. The monoisotopic (exact) mass is 470 g/mol. The zero-order valence-electron chi connectivity index (χ0n) is 22.0. The van der Waals surface area contributed by atoms with Gasteiger partial charge in [0.25, 0.3) is 0 Å². The molecule has 3 N–H and O–H groups in total. The average molecular weight is 471 g/mol. The summed E-state index contributed by atoms with van der Waals surface area (Å²) in [6, 6.07) is -0.0313. The molecular weight excluding hydrogens is 416 g/mol. The van der Waals surface area contributed by atoms with Crippen LogP contribution in [0.15, 0.2) is 0 Å². The number of hydrogen-bond acceptors (Lipinski definition) is 4. The second kappa shape index (κ2) is 28.6. The highest BCUT2D eigenvalue weighted by Crippen LogP contribution is 2.13. The van der Waals surface area contributed by atoms with Crippen molar-refractivity contribution in [2.75, 3.05) is 13.6 Å². The van der Waals surface area contributed by atoms with E-state index >= 15 is 0 Å². The molecule has 0 aromatic heterocycles. The molecule has 0 aromatic rings. The minimum absolute atomic E-state index is 0.0313. The lowest BCUT2D eigenvalue weighted by molar-refractivity contribution is -0.137. The van der Waals surface area contributed by atoms with Crippen molar-refractivity contribution in [2.24, 2.45) is 0 Å². The number of Topliss-reactive ketones (excluding diaryl/α,β-unsaturated/α-hetero) is 1. The van der Waals surface area contributed by atoms with Crippen LogP contribution >= 0.6 is 0 Å². The lowest BCUT2D eigenvalue weighted by Crippen LogP contribution is -2.32. The fourth-order valence-electron chi connectivity index (χ4n) is 3.83. The lowest BCUT2D eigenvalue weighted by atomic mass is 10.0. The summed E-state index contributed by atoms with van der Waals surface area (Å²) in [5, 5.41) is 14.1. The Hall–Kier alpha value is -1.43. The number of ketones is 1. The van der Waals surface area contributed by atoms with E-state index in [1.54, 1.807) is 14.0 Å². The van der Waals surface area contributed by atoms with E-state index in [9.17, 15) is 14.4 Å². The first-order valence-corrected chi connectivity index (χ1v) is 13.6. The predicted molar refractivity (Wildman–Crippen MR) is 139 cm³/mol. The van der Waals surface area contributed by atoms with Gasteiger partial charge in [-0.1, -0.05) is 96.8 Å². The Balaban J connectivity index is 0. The van der Waals surface area contributed by atoms with Crippen molar-refractivity contribution in [3.63, 3.8) is 0 Å². The normalized spacial score (nSPS) is 11.4. The van der Waals surface area contributed by atoms with Gasteiger partial charge >= 0.3 is 5.97 Å². The van der Waals surface area contributed by atoms with Gasteiger partial charge in [0, 0.05) is 13.0 Å². The number of likely N-dealkylation sites (N-methyl/N-ethyl adjacent to an activating group) is 1. The van der Waals surface area contributed by atoms with Gasteiger partial charge in [-0.05, 0) is 39.7 Å². The maximum atomic E-state index is 11.0. The zero-order chi connectivity index (χ0) is 25.0. The molecule has 6 nitrogen and oxygen atoms in total. The smallest absolute Gasteiger partial charge is 0.303 e.